The Morgan fingerprint density at radius 1 is 1.22 bits per heavy atom. The van der Waals surface area contributed by atoms with Gasteiger partial charge in [0.1, 0.15) is 0 Å². The number of nitrogens with one attached hydrogen (secondary N) is 2. The van der Waals surface area contributed by atoms with E-state index >= 15 is 0 Å². The third kappa shape index (κ3) is 9.14. The van der Waals surface area contributed by atoms with Gasteiger partial charge in [-0.2, -0.15) is 13.2 Å². The molecular weight excluding hydrogens is 468 g/mol. The minimum atomic E-state index is -4.07. The van der Waals surface area contributed by atoms with Crippen molar-refractivity contribution in [3.05, 3.63) is 35.9 Å². The molecule has 0 aromatic heterocycles. The highest BCUT2D eigenvalue weighted by atomic mass is 127. The topological polar surface area (TPSA) is 39.7 Å². The second-order valence-corrected chi connectivity index (χ2v) is 6.91. The van der Waals surface area contributed by atoms with E-state index in [0.29, 0.717) is 25.0 Å². The second kappa shape index (κ2) is 11.7. The molecule has 0 radical (unpaired) electrons. The Labute approximate surface area is 177 Å². The molecule has 0 amide bonds. The lowest BCUT2D eigenvalue weighted by Gasteiger charge is -2.21. The predicted molar refractivity (Wildman–Crippen MR) is 115 cm³/mol. The van der Waals surface area contributed by atoms with Crippen LogP contribution in [0.2, 0.25) is 0 Å². The number of alkyl halides is 3. The first-order valence-corrected chi connectivity index (χ1v) is 9.19. The molecule has 2 N–H and O–H groups in total. The second-order valence-electron chi connectivity index (χ2n) is 6.91. The molecule has 1 heterocycles. The molecule has 27 heavy (non-hydrogen) atoms. The standard InChI is InChI=1S/C19H29F3N4.HI/c1-15-12-17(14-26(15)13-16-8-4-3-5-9-16)25-18(23-2)24-11-7-6-10-19(20,21)22;/h3-5,8-9,15,17H,6-7,10-14H2,1-2H3,(H2,23,24,25);1H. The minimum Gasteiger partial charge on any atom is -0.356 e. The van der Waals surface area contributed by atoms with E-state index in [0.717, 1.165) is 19.5 Å². The van der Waals surface area contributed by atoms with Crippen molar-refractivity contribution in [2.24, 2.45) is 4.99 Å². The van der Waals surface area contributed by atoms with E-state index in [4.69, 9.17) is 0 Å². The third-order valence-corrected chi connectivity index (χ3v) is 4.68. The average molecular weight is 498 g/mol. The van der Waals surface area contributed by atoms with E-state index in [1.165, 1.54) is 5.56 Å². The summed E-state index contributed by atoms with van der Waals surface area (Å²) in [4.78, 5) is 6.62. The maximum atomic E-state index is 12.1. The summed E-state index contributed by atoms with van der Waals surface area (Å²) < 4.78 is 36.4. The summed E-state index contributed by atoms with van der Waals surface area (Å²) in [5, 5.41) is 6.51. The Hall–Kier alpha value is -1.03. The van der Waals surface area contributed by atoms with Gasteiger partial charge >= 0.3 is 6.18 Å². The van der Waals surface area contributed by atoms with Crippen LogP contribution in [0.3, 0.4) is 0 Å². The molecule has 1 aromatic carbocycles. The van der Waals surface area contributed by atoms with Crippen LogP contribution in [0.5, 0.6) is 0 Å². The van der Waals surface area contributed by atoms with Gasteiger partial charge in [-0.15, -0.1) is 24.0 Å². The van der Waals surface area contributed by atoms with Gasteiger partial charge in [0.05, 0.1) is 0 Å². The van der Waals surface area contributed by atoms with Crippen LogP contribution in [0.25, 0.3) is 0 Å². The third-order valence-electron chi connectivity index (χ3n) is 4.68. The van der Waals surface area contributed by atoms with Crippen LogP contribution in [0.1, 0.15) is 38.2 Å². The fourth-order valence-electron chi connectivity index (χ4n) is 3.29. The molecule has 154 valence electrons. The number of halogens is 4. The van der Waals surface area contributed by atoms with E-state index < -0.39 is 12.6 Å². The van der Waals surface area contributed by atoms with Gasteiger partial charge < -0.3 is 10.6 Å². The molecule has 0 saturated carbocycles. The zero-order chi connectivity index (χ0) is 19.0. The number of hydrogen-bond donors (Lipinski definition) is 2. The Kier molecular flexibility index (Phi) is 10.4. The lowest BCUT2D eigenvalue weighted by molar-refractivity contribution is -0.135. The van der Waals surface area contributed by atoms with Crippen LogP contribution >= 0.6 is 24.0 Å². The molecule has 1 saturated heterocycles. The highest BCUT2D eigenvalue weighted by Crippen LogP contribution is 2.22. The highest BCUT2D eigenvalue weighted by Gasteiger charge is 2.29. The van der Waals surface area contributed by atoms with E-state index in [9.17, 15) is 13.2 Å². The fourth-order valence-corrected chi connectivity index (χ4v) is 3.29. The summed E-state index contributed by atoms with van der Waals surface area (Å²) in [6, 6.07) is 11.1. The summed E-state index contributed by atoms with van der Waals surface area (Å²) in [6.45, 7) is 4.55. The number of guanidine groups is 1. The molecular formula is C19H30F3IN4. The van der Waals surface area contributed by atoms with Crippen LogP contribution in [0.15, 0.2) is 35.3 Å². The van der Waals surface area contributed by atoms with Crippen molar-refractivity contribution in [2.45, 2.75) is 57.4 Å². The van der Waals surface area contributed by atoms with Crippen molar-refractivity contribution < 1.29 is 13.2 Å². The molecule has 1 fully saturated rings. The summed E-state index contributed by atoms with van der Waals surface area (Å²) in [5.74, 6) is 0.663. The van der Waals surface area contributed by atoms with Crippen molar-refractivity contribution in [1.82, 2.24) is 15.5 Å². The maximum absolute atomic E-state index is 12.1. The predicted octanol–water partition coefficient (Wildman–Crippen LogP) is 4.17. The molecule has 4 nitrogen and oxygen atoms in total. The van der Waals surface area contributed by atoms with Crippen LogP contribution < -0.4 is 10.6 Å². The Morgan fingerprint density at radius 2 is 1.93 bits per heavy atom. The van der Waals surface area contributed by atoms with Gasteiger partial charge in [-0.1, -0.05) is 30.3 Å². The molecule has 2 atom stereocenters. The fraction of sp³-hybridized carbons (Fsp3) is 0.632. The number of rotatable bonds is 7. The normalized spacial score (nSPS) is 21.0. The molecule has 2 rings (SSSR count). The first-order chi connectivity index (χ1) is 12.4. The van der Waals surface area contributed by atoms with Crippen LogP contribution in [-0.2, 0) is 6.54 Å². The van der Waals surface area contributed by atoms with Gasteiger partial charge in [-0.3, -0.25) is 9.89 Å². The first-order valence-electron chi connectivity index (χ1n) is 9.19. The van der Waals surface area contributed by atoms with Gasteiger partial charge in [0.25, 0.3) is 0 Å². The van der Waals surface area contributed by atoms with Crippen LogP contribution in [0, 0.1) is 0 Å². The lowest BCUT2D eigenvalue weighted by Crippen LogP contribution is -2.44. The van der Waals surface area contributed by atoms with Crippen molar-refractivity contribution >= 4 is 29.9 Å². The summed E-state index contributed by atoms with van der Waals surface area (Å²) in [6.07, 6.45) is -3.17. The Balaban J connectivity index is 0.00000364. The molecule has 1 aliphatic heterocycles. The SMILES string of the molecule is CN=C(NCCCCC(F)(F)F)NC1CC(C)N(Cc2ccccc2)C1.I. The molecule has 1 aromatic rings. The van der Waals surface area contributed by atoms with Gasteiger partial charge in [0.2, 0.25) is 0 Å². The zero-order valence-electron chi connectivity index (χ0n) is 15.9. The molecule has 8 heteroatoms. The molecule has 0 aliphatic carbocycles. The molecule has 0 spiro atoms. The lowest BCUT2D eigenvalue weighted by atomic mass is 10.2. The van der Waals surface area contributed by atoms with Crippen molar-refractivity contribution in [3.8, 4) is 0 Å². The van der Waals surface area contributed by atoms with Crippen molar-refractivity contribution in [2.75, 3.05) is 20.1 Å². The first kappa shape index (κ1) is 24.0. The Morgan fingerprint density at radius 3 is 2.56 bits per heavy atom. The van der Waals surface area contributed by atoms with Gasteiger partial charge in [-0.25, -0.2) is 0 Å². The molecule has 1 aliphatic rings. The summed E-state index contributed by atoms with van der Waals surface area (Å²) >= 11 is 0. The number of unbranched alkanes of at least 4 members (excludes halogenated alkanes) is 1. The highest BCUT2D eigenvalue weighted by molar-refractivity contribution is 14.0. The maximum Gasteiger partial charge on any atom is 0.389 e. The van der Waals surface area contributed by atoms with E-state index in [1.807, 2.05) is 6.07 Å². The summed E-state index contributed by atoms with van der Waals surface area (Å²) in [5.41, 5.74) is 1.30. The number of benzene rings is 1. The Bertz CT molecular complexity index is 566. The largest absolute Gasteiger partial charge is 0.389 e. The summed E-state index contributed by atoms with van der Waals surface area (Å²) in [7, 11) is 1.69. The monoisotopic (exact) mass is 498 g/mol. The van der Waals surface area contributed by atoms with Crippen molar-refractivity contribution in [3.63, 3.8) is 0 Å². The quantitative estimate of drug-likeness (QED) is 0.257. The van der Waals surface area contributed by atoms with Crippen LogP contribution in [-0.4, -0.2) is 49.3 Å². The number of aliphatic imine (C=N–C) groups is 1. The van der Waals surface area contributed by atoms with E-state index in [1.54, 1.807) is 7.05 Å². The van der Waals surface area contributed by atoms with E-state index in [-0.39, 0.29) is 36.4 Å². The van der Waals surface area contributed by atoms with Crippen LogP contribution in [0.4, 0.5) is 13.2 Å². The van der Waals surface area contributed by atoms with Gasteiger partial charge in [0.15, 0.2) is 5.96 Å². The zero-order valence-corrected chi connectivity index (χ0v) is 18.3. The van der Waals surface area contributed by atoms with Gasteiger partial charge in [0, 0.05) is 45.2 Å². The molecule has 0 bridgehead atoms. The average Bonchev–Trinajstić information content (AvgIpc) is 2.92. The number of nitrogens with zero attached hydrogens (tertiary/aromatic N) is 2. The smallest absolute Gasteiger partial charge is 0.356 e. The molecule has 2 unspecified atom stereocenters. The van der Waals surface area contributed by atoms with Crippen molar-refractivity contribution in [1.29, 1.82) is 0 Å². The van der Waals surface area contributed by atoms with E-state index in [2.05, 4.69) is 51.7 Å². The minimum absolute atomic E-state index is 0. The van der Waals surface area contributed by atoms with Gasteiger partial charge in [-0.05, 0) is 31.7 Å². The number of likely N-dealkylation sites (tertiary alicyclic amines) is 1. The number of hydrogen-bond acceptors (Lipinski definition) is 2.